The lowest BCUT2D eigenvalue weighted by molar-refractivity contribution is 0.407. The fourth-order valence-corrected chi connectivity index (χ4v) is 3.49. The number of methoxy groups -OCH3 is 1. The summed E-state index contributed by atoms with van der Waals surface area (Å²) < 4.78 is 18.7. The minimum absolute atomic E-state index is 0.219. The molecule has 2 aromatic heterocycles. The van der Waals surface area contributed by atoms with E-state index in [0.717, 1.165) is 44.3 Å². The van der Waals surface area contributed by atoms with Crippen LogP contribution in [-0.2, 0) is 5.75 Å². The van der Waals surface area contributed by atoms with Crippen LogP contribution in [0.15, 0.2) is 35.5 Å². The largest absolute Gasteiger partial charge is 0.496 e. The van der Waals surface area contributed by atoms with Gasteiger partial charge in [-0.3, -0.25) is 4.98 Å². The highest BCUT2D eigenvalue weighted by Crippen LogP contribution is 2.30. The molecule has 1 N–H and O–H groups in total. The molecule has 0 aliphatic heterocycles. The first-order valence-corrected chi connectivity index (χ1v) is 7.97. The molecule has 0 spiro atoms. The maximum absolute atomic E-state index is 13.2. The van der Waals surface area contributed by atoms with E-state index in [1.54, 1.807) is 24.9 Å². The second kappa shape index (κ2) is 6.01. The van der Waals surface area contributed by atoms with Gasteiger partial charge in [-0.2, -0.15) is 0 Å². The summed E-state index contributed by atoms with van der Waals surface area (Å²) in [6.45, 7) is 4.01. The number of hydrogen-bond acceptors (Lipinski definition) is 3. The topological polar surface area (TPSA) is 37.9 Å². The lowest BCUT2D eigenvalue weighted by atomic mass is 10.1. The summed E-state index contributed by atoms with van der Waals surface area (Å²) in [5.74, 6) is 1.41. The maximum Gasteiger partial charge on any atom is 0.128 e. The molecule has 0 saturated carbocycles. The standard InChI is InChI=1S/C17H17FN2OS/c1-10-8-19-15(11(2)17(10)21-3)9-22-16-7-12-6-13(18)4-5-14(12)20-16/h4-8,20H,9H2,1-3H3. The van der Waals surface area contributed by atoms with Crippen molar-refractivity contribution in [2.45, 2.75) is 24.6 Å². The number of rotatable bonds is 4. The number of aryl methyl sites for hydroxylation is 1. The van der Waals surface area contributed by atoms with Crippen molar-refractivity contribution in [3.05, 3.63) is 53.1 Å². The van der Waals surface area contributed by atoms with Crippen LogP contribution in [-0.4, -0.2) is 17.1 Å². The molecule has 2 heterocycles. The number of thioether (sulfide) groups is 1. The Balaban J connectivity index is 1.82. The van der Waals surface area contributed by atoms with Crippen LogP contribution in [0.2, 0.25) is 0 Å². The Morgan fingerprint density at radius 2 is 2.09 bits per heavy atom. The summed E-state index contributed by atoms with van der Waals surface area (Å²) in [6.07, 6.45) is 1.84. The molecular formula is C17H17FN2OS. The SMILES string of the molecule is COc1c(C)cnc(CSc2cc3cc(F)ccc3[nH]2)c1C. The van der Waals surface area contributed by atoms with Crippen molar-refractivity contribution in [1.82, 2.24) is 9.97 Å². The van der Waals surface area contributed by atoms with E-state index in [2.05, 4.69) is 9.97 Å². The number of nitrogens with one attached hydrogen (secondary N) is 1. The molecule has 5 heteroatoms. The van der Waals surface area contributed by atoms with Crippen LogP contribution in [0.1, 0.15) is 16.8 Å². The summed E-state index contributed by atoms with van der Waals surface area (Å²) in [4.78, 5) is 7.78. The molecule has 0 saturated heterocycles. The highest BCUT2D eigenvalue weighted by Gasteiger charge is 2.10. The number of nitrogens with zero attached hydrogens (tertiary/aromatic N) is 1. The van der Waals surface area contributed by atoms with Crippen LogP contribution in [0.4, 0.5) is 4.39 Å². The van der Waals surface area contributed by atoms with E-state index in [1.165, 1.54) is 12.1 Å². The van der Waals surface area contributed by atoms with Gasteiger partial charge in [-0.1, -0.05) is 0 Å². The Labute approximate surface area is 132 Å². The molecule has 0 aliphatic rings. The zero-order valence-electron chi connectivity index (χ0n) is 12.7. The molecule has 0 amide bonds. The lowest BCUT2D eigenvalue weighted by Gasteiger charge is -2.11. The van der Waals surface area contributed by atoms with Gasteiger partial charge in [0.25, 0.3) is 0 Å². The van der Waals surface area contributed by atoms with Crippen molar-refractivity contribution in [3.63, 3.8) is 0 Å². The zero-order valence-corrected chi connectivity index (χ0v) is 13.6. The van der Waals surface area contributed by atoms with Gasteiger partial charge >= 0.3 is 0 Å². The normalized spacial score (nSPS) is 11.1. The quantitative estimate of drug-likeness (QED) is 0.714. The summed E-state index contributed by atoms with van der Waals surface area (Å²) in [5.41, 5.74) is 4.04. The molecule has 0 radical (unpaired) electrons. The molecule has 0 fully saturated rings. The lowest BCUT2D eigenvalue weighted by Crippen LogP contribution is -1.98. The van der Waals surface area contributed by atoms with Crippen molar-refractivity contribution in [1.29, 1.82) is 0 Å². The van der Waals surface area contributed by atoms with E-state index >= 15 is 0 Å². The van der Waals surface area contributed by atoms with Crippen molar-refractivity contribution < 1.29 is 9.13 Å². The number of fused-ring (bicyclic) bond motifs is 1. The van der Waals surface area contributed by atoms with Crippen LogP contribution < -0.4 is 4.74 Å². The predicted octanol–water partition coefficient (Wildman–Crippen LogP) is 4.62. The van der Waals surface area contributed by atoms with Crippen molar-refractivity contribution in [2.75, 3.05) is 7.11 Å². The maximum atomic E-state index is 13.2. The van der Waals surface area contributed by atoms with E-state index in [4.69, 9.17) is 4.74 Å². The van der Waals surface area contributed by atoms with E-state index < -0.39 is 0 Å². The second-order valence-electron chi connectivity index (χ2n) is 5.20. The third-order valence-electron chi connectivity index (χ3n) is 3.67. The number of hydrogen-bond donors (Lipinski definition) is 1. The van der Waals surface area contributed by atoms with Crippen molar-refractivity contribution >= 4 is 22.7 Å². The third-order valence-corrected chi connectivity index (χ3v) is 4.62. The van der Waals surface area contributed by atoms with Gasteiger partial charge in [-0.25, -0.2) is 4.39 Å². The van der Waals surface area contributed by atoms with Gasteiger partial charge in [0.2, 0.25) is 0 Å². The Morgan fingerprint density at radius 3 is 2.86 bits per heavy atom. The second-order valence-corrected chi connectivity index (χ2v) is 6.22. The van der Waals surface area contributed by atoms with Crippen LogP contribution in [0.5, 0.6) is 5.75 Å². The molecule has 22 heavy (non-hydrogen) atoms. The first-order chi connectivity index (χ1) is 10.6. The van der Waals surface area contributed by atoms with Gasteiger partial charge in [-0.15, -0.1) is 11.8 Å². The monoisotopic (exact) mass is 316 g/mol. The summed E-state index contributed by atoms with van der Waals surface area (Å²) in [7, 11) is 1.68. The molecule has 114 valence electrons. The Morgan fingerprint density at radius 1 is 1.27 bits per heavy atom. The van der Waals surface area contributed by atoms with Gasteiger partial charge in [-0.05, 0) is 38.1 Å². The van der Waals surface area contributed by atoms with E-state index in [0.29, 0.717) is 0 Å². The molecule has 3 nitrogen and oxygen atoms in total. The smallest absolute Gasteiger partial charge is 0.128 e. The zero-order chi connectivity index (χ0) is 15.7. The first kappa shape index (κ1) is 14.9. The predicted molar refractivity (Wildman–Crippen MR) is 88.1 cm³/mol. The Hall–Kier alpha value is -2.01. The summed E-state index contributed by atoms with van der Waals surface area (Å²) >= 11 is 1.65. The van der Waals surface area contributed by atoms with Gasteiger partial charge in [0.1, 0.15) is 11.6 Å². The van der Waals surface area contributed by atoms with Gasteiger partial charge in [0.15, 0.2) is 0 Å². The minimum atomic E-state index is -0.219. The molecule has 3 aromatic rings. The average molecular weight is 316 g/mol. The minimum Gasteiger partial charge on any atom is -0.496 e. The van der Waals surface area contributed by atoms with Gasteiger partial charge in [0.05, 0.1) is 17.8 Å². The number of aromatic nitrogens is 2. The third kappa shape index (κ3) is 2.81. The van der Waals surface area contributed by atoms with E-state index in [1.807, 2.05) is 26.1 Å². The Bertz CT molecular complexity index is 829. The number of pyridine rings is 1. The number of ether oxygens (including phenoxy) is 1. The Kier molecular flexibility index (Phi) is 4.07. The number of benzene rings is 1. The fraction of sp³-hybridized carbons (Fsp3) is 0.235. The number of halogens is 1. The highest BCUT2D eigenvalue weighted by molar-refractivity contribution is 7.98. The van der Waals surface area contributed by atoms with Crippen LogP contribution >= 0.6 is 11.8 Å². The molecule has 3 rings (SSSR count). The van der Waals surface area contributed by atoms with E-state index in [9.17, 15) is 4.39 Å². The summed E-state index contributed by atoms with van der Waals surface area (Å²) in [6, 6.07) is 6.72. The highest BCUT2D eigenvalue weighted by atomic mass is 32.2. The number of aromatic amines is 1. The van der Waals surface area contributed by atoms with Gasteiger partial charge < -0.3 is 9.72 Å². The molecule has 0 bridgehead atoms. The fourth-order valence-electron chi connectivity index (χ4n) is 2.52. The molecule has 0 unspecified atom stereocenters. The van der Waals surface area contributed by atoms with Crippen LogP contribution in [0.25, 0.3) is 10.9 Å². The van der Waals surface area contributed by atoms with Gasteiger partial charge in [0, 0.05) is 34.0 Å². The van der Waals surface area contributed by atoms with Crippen molar-refractivity contribution in [2.24, 2.45) is 0 Å². The summed E-state index contributed by atoms with van der Waals surface area (Å²) in [5, 5.41) is 1.88. The molecule has 1 aromatic carbocycles. The molecular weight excluding hydrogens is 299 g/mol. The van der Waals surface area contributed by atoms with Crippen LogP contribution in [0.3, 0.4) is 0 Å². The van der Waals surface area contributed by atoms with E-state index in [-0.39, 0.29) is 5.82 Å². The number of H-pyrrole nitrogens is 1. The molecule has 0 aliphatic carbocycles. The van der Waals surface area contributed by atoms with Crippen LogP contribution in [0, 0.1) is 19.7 Å². The molecule has 0 atom stereocenters. The average Bonchev–Trinajstić information content (AvgIpc) is 2.89. The first-order valence-electron chi connectivity index (χ1n) is 6.98. The van der Waals surface area contributed by atoms with Crippen molar-refractivity contribution in [3.8, 4) is 5.75 Å².